The molecule has 0 unspecified atom stereocenters. The van der Waals surface area contributed by atoms with E-state index in [0.717, 1.165) is 5.92 Å². The zero-order chi connectivity index (χ0) is 9.94. The minimum absolute atomic E-state index is 0.883. The van der Waals surface area contributed by atoms with Crippen molar-refractivity contribution in [3.8, 4) is 0 Å². The van der Waals surface area contributed by atoms with Gasteiger partial charge in [0.2, 0.25) is 0 Å². The largest absolute Gasteiger partial charge is 0.0885 e. The summed E-state index contributed by atoms with van der Waals surface area (Å²) < 4.78 is 0. The van der Waals surface area contributed by atoms with E-state index in [1.807, 2.05) is 6.08 Å². The molecule has 13 heavy (non-hydrogen) atoms. The first-order valence-corrected chi connectivity index (χ1v) is 5.71. The lowest BCUT2D eigenvalue weighted by Crippen LogP contribution is -1.86. The number of rotatable bonds is 8. The topological polar surface area (TPSA) is 0 Å². The van der Waals surface area contributed by atoms with Gasteiger partial charge in [0.25, 0.3) is 0 Å². The first kappa shape index (κ1) is 12.7. The molecule has 0 rings (SSSR count). The van der Waals surface area contributed by atoms with Crippen LogP contribution < -0.4 is 0 Å². The van der Waals surface area contributed by atoms with Crippen LogP contribution in [0.5, 0.6) is 0 Å². The molecule has 0 saturated carbocycles. The third kappa shape index (κ3) is 11.7. The van der Waals surface area contributed by atoms with E-state index in [4.69, 9.17) is 0 Å². The molecule has 0 aliphatic carbocycles. The smallest absolute Gasteiger partial charge is 0.0316 e. The molecule has 0 spiro atoms. The molecular formula is C13H25. The molecule has 0 aromatic heterocycles. The highest BCUT2D eigenvalue weighted by molar-refractivity contribution is 4.83. The van der Waals surface area contributed by atoms with Crippen molar-refractivity contribution in [1.29, 1.82) is 0 Å². The Hall–Kier alpha value is -0.260. The highest BCUT2D eigenvalue weighted by atomic mass is 14.0. The van der Waals surface area contributed by atoms with E-state index in [0.29, 0.717) is 0 Å². The van der Waals surface area contributed by atoms with Crippen LogP contribution in [-0.4, -0.2) is 0 Å². The minimum atomic E-state index is 0.883. The maximum Gasteiger partial charge on any atom is -0.0316 e. The van der Waals surface area contributed by atoms with Gasteiger partial charge < -0.3 is 0 Å². The van der Waals surface area contributed by atoms with Crippen molar-refractivity contribution in [1.82, 2.24) is 0 Å². The second kappa shape index (κ2) is 9.83. The van der Waals surface area contributed by atoms with E-state index in [1.165, 1.54) is 44.9 Å². The van der Waals surface area contributed by atoms with Crippen LogP contribution in [0.4, 0.5) is 0 Å². The molecule has 0 saturated heterocycles. The Morgan fingerprint density at radius 2 is 1.62 bits per heavy atom. The van der Waals surface area contributed by atoms with Crippen molar-refractivity contribution < 1.29 is 0 Å². The van der Waals surface area contributed by atoms with Crippen molar-refractivity contribution in [2.75, 3.05) is 0 Å². The Morgan fingerprint density at radius 1 is 1.00 bits per heavy atom. The molecule has 0 aromatic carbocycles. The monoisotopic (exact) mass is 181 g/mol. The molecule has 0 amide bonds. The lowest BCUT2D eigenvalue weighted by molar-refractivity contribution is 0.516. The maximum absolute atomic E-state index is 3.67. The number of unbranched alkanes of at least 4 members (excludes halogenated alkanes) is 5. The van der Waals surface area contributed by atoms with Crippen molar-refractivity contribution >= 4 is 0 Å². The number of hydrogen-bond acceptors (Lipinski definition) is 0. The lowest BCUT2D eigenvalue weighted by Gasteiger charge is -2.03. The van der Waals surface area contributed by atoms with Gasteiger partial charge in [0.05, 0.1) is 0 Å². The average Bonchev–Trinajstić information content (AvgIpc) is 2.09. The summed E-state index contributed by atoms with van der Waals surface area (Å²) in [6, 6.07) is 0. The van der Waals surface area contributed by atoms with Crippen LogP contribution in [0, 0.1) is 12.8 Å². The first-order chi connectivity index (χ1) is 6.27. The van der Waals surface area contributed by atoms with Gasteiger partial charge in [0.1, 0.15) is 0 Å². The summed E-state index contributed by atoms with van der Waals surface area (Å²) in [7, 11) is 0. The summed E-state index contributed by atoms with van der Waals surface area (Å²) in [5.41, 5.74) is 0. The van der Waals surface area contributed by atoms with Gasteiger partial charge in [-0.3, -0.25) is 0 Å². The second-order valence-corrected chi connectivity index (χ2v) is 4.21. The summed E-state index contributed by atoms with van der Waals surface area (Å²) in [5.74, 6) is 0.883. The van der Waals surface area contributed by atoms with E-state index in [1.54, 1.807) is 0 Å². The van der Waals surface area contributed by atoms with Gasteiger partial charge in [-0.25, -0.2) is 0 Å². The normalized spacial score (nSPS) is 11.7. The minimum Gasteiger partial charge on any atom is -0.0885 e. The highest BCUT2D eigenvalue weighted by Crippen LogP contribution is 2.11. The molecule has 0 heterocycles. The van der Waals surface area contributed by atoms with E-state index >= 15 is 0 Å². The van der Waals surface area contributed by atoms with Gasteiger partial charge in [-0.15, -0.1) is 0 Å². The van der Waals surface area contributed by atoms with Gasteiger partial charge in [0.15, 0.2) is 0 Å². The SMILES string of the molecule is [CH2]/C=C/CCCCCCCC(C)C. The Morgan fingerprint density at radius 3 is 2.23 bits per heavy atom. The van der Waals surface area contributed by atoms with E-state index in [2.05, 4.69) is 26.8 Å². The third-order valence-electron chi connectivity index (χ3n) is 2.32. The summed E-state index contributed by atoms with van der Waals surface area (Å²) in [6.45, 7) is 8.28. The van der Waals surface area contributed by atoms with Gasteiger partial charge >= 0.3 is 0 Å². The molecule has 77 valence electrons. The molecular weight excluding hydrogens is 156 g/mol. The Labute approximate surface area is 84.4 Å². The van der Waals surface area contributed by atoms with Gasteiger partial charge in [-0.05, 0) is 25.7 Å². The van der Waals surface area contributed by atoms with Crippen molar-refractivity contribution in [3.63, 3.8) is 0 Å². The van der Waals surface area contributed by atoms with Crippen LogP contribution in [0.1, 0.15) is 58.8 Å². The van der Waals surface area contributed by atoms with Gasteiger partial charge in [-0.1, -0.05) is 58.1 Å². The van der Waals surface area contributed by atoms with Crippen molar-refractivity contribution in [3.05, 3.63) is 19.1 Å². The van der Waals surface area contributed by atoms with E-state index < -0.39 is 0 Å². The number of allylic oxidation sites excluding steroid dienone is 2. The molecule has 0 heteroatoms. The molecule has 0 aliphatic heterocycles. The molecule has 0 bridgehead atoms. The summed E-state index contributed by atoms with van der Waals surface area (Å²) >= 11 is 0. The average molecular weight is 181 g/mol. The van der Waals surface area contributed by atoms with Crippen LogP contribution in [0.3, 0.4) is 0 Å². The zero-order valence-corrected chi connectivity index (χ0v) is 9.39. The van der Waals surface area contributed by atoms with Crippen LogP contribution in [0.2, 0.25) is 0 Å². The molecule has 0 N–H and O–H groups in total. The molecule has 0 nitrogen and oxygen atoms in total. The zero-order valence-electron chi connectivity index (χ0n) is 9.39. The summed E-state index contributed by atoms with van der Waals surface area (Å²) in [4.78, 5) is 0. The standard InChI is InChI=1S/C13H25/c1-4-5-6-7-8-9-10-11-12-13(2)3/h4-5,13H,1,6-12H2,2-3H3/b5-4+. The molecule has 0 aliphatic rings. The molecule has 0 fully saturated rings. The Bertz CT molecular complexity index is 111. The Kier molecular flexibility index (Phi) is 9.63. The fourth-order valence-corrected chi connectivity index (χ4v) is 1.46. The quantitative estimate of drug-likeness (QED) is 0.473. The molecule has 1 radical (unpaired) electrons. The van der Waals surface area contributed by atoms with E-state index in [-0.39, 0.29) is 0 Å². The fourth-order valence-electron chi connectivity index (χ4n) is 1.46. The molecule has 0 atom stereocenters. The fraction of sp³-hybridized carbons (Fsp3) is 0.769. The summed E-state index contributed by atoms with van der Waals surface area (Å²) in [6.07, 6.45) is 13.7. The van der Waals surface area contributed by atoms with Crippen LogP contribution >= 0.6 is 0 Å². The van der Waals surface area contributed by atoms with Crippen molar-refractivity contribution in [2.24, 2.45) is 5.92 Å². The van der Waals surface area contributed by atoms with Crippen molar-refractivity contribution in [2.45, 2.75) is 58.8 Å². The van der Waals surface area contributed by atoms with E-state index in [9.17, 15) is 0 Å². The predicted molar refractivity (Wildman–Crippen MR) is 61.7 cm³/mol. The lowest BCUT2D eigenvalue weighted by atomic mass is 10.0. The van der Waals surface area contributed by atoms with Gasteiger partial charge in [-0.2, -0.15) is 0 Å². The maximum atomic E-state index is 3.67. The highest BCUT2D eigenvalue weighted by Gasteiger charge is 1.93. The van der Waals surface area contributed by atoms with Crippen LogP contribution in [0.15, 0.2) is 12.2 Å². The van der Waals surface area contributed by atoms with Gasteiger partial charge in [0, 0.05) is 0 Å². The van der Waals surface area contributed by atoms with Crippen LogP contribution in [-0.2, 0) is 0 Å². The first-order valence-electron chi connectivity index (χ1n) is 5.71. The van der Waals surface area contributed by atoms with Crippen LogP contribution in [0.25, 0.3) is 0 Å². The Balaban J connectivity index is 2.91. The third-order valence-corrected chi connectivity index (χ3v) is 2.32. The summed E-state index contributed by atoms with van der Waals surface area (Å²) in [5, 5.41) is 0. The predicted octanol–water partition coefficient (Wildman–Crippen LogP) is 4.76. The molecule has 0 aromatic rings. The number of hydrogen-bond donors (Lipinski definition) is 0. The second-order valence-electron chi connectivity index (χ2n) is 4.21.